The molecular formula is C12H23N5O. The second-order valence-corrected chi connectivity index (χ2v) is 4.59. The zero-order valence-electron chi connectivity index (χ0n) is 11.8. The molecule has 102 valence electrons. The summed E-state index contributed by atoms with van der Waals surface area (Å²) >= 11 is 0. The molecule has 0 radical (unpaired) electrons. The van der Waals surface area contributed by atoms with Crippen LogP contribution in [0.3, 0.4) is 0 Å². The summed E-state index contributed by atoms with van der Waals surface area (Å²) in [5.41, 5.74) is 0.890. The molecule has 1 aromatic rings. The Morgan fingerprint density at radius 3 is 2.72 bits per heavy atom. The maximum atomic E-state index is 4.81. The first-order valence-electron chi connectivity index (χ1n) is 6.02. The van der Waals surface area contributed by atoms with Crippen molar-refractivity contribution in [3.63, 3.8) is 0 Å². The molecule has 1 atom stereocenters. The van der Waals surface area contributed by atoms with E-state index in [0.29, 0.717) is 12.6 Å². The predicted octanol–water partition coefficient (Wildman–Crippen LogP) is 0.632. The van der Waals surface area contributed by atoms with E-state index in [1.165, 1.54) is 0 Å². The van der Waals surface area contributed by atoms with E-state index in [1.54, 1.807) is 13.3 Å². The molecule has 0 aliphatic carbocycles. The fourth-order valence-corrected chi connectivity index (χ4v) is 1.44. The van der Waals surface area contributed by atoms with Crippen LogP contribution in [0.4, 0.5) is 0 Å². The summed E-state index contributed by atoms with van der Waals surface area (Å²) in [6, 6.07) is 2.30. The van der Waals surface area contributed by atoms with Crippen LogP contribution >= 0.6 is 0 Å². The molecule has 18 heavy (non-hydrogen) atoms. The Morgan fingerprint density at radius 1 is 1.50 bits per heavy atom. The van der Waals surface area contributed by atoms with Gasteiger partial charge >= 0.3 is 0 Å². The normalized spacial score (nSPS) is 13.8. The van der Waals surface area contributed by atoms with Gasteiger partial charge in [-0.25, -0.2) is 0 Å². The van der Waals surface area contributed by atoms with Crippen molar-refractivity contribution in [2.45, 2.75) is 19.5 Å². The van der Waals surface area contributed by atoms with E-state index in [-0.39, 0.29) is 0 Å². The molecule has 0 fully saturated rings. The van der Waals surface area contributed by atoms with Crippen LogP contribution in [0, 0.1) is 0 Å². The standard InChI is InChI=1S/C12H23N5O/c1-10(16(3)4)8-14-12(13-2)17(5)9-11-6-7-18-15-11/h6-7,10H,8-9H2,1-5H3,(H,13,14). The van der Waals surface area contributed by atoms with Crippen LogP contribution < -0.4 is 5.32 Å². The number of likely N-dealkylation sites (N-methyl/N-ethyl adjacent to an activating group) is 1. The van der Waals surface area contributed by atoms with E-state index in [9.17, 15) is 0 Å². The van der Waals surface area contributed by atoms with Gasteiger partial charge in [-0.15, -0.1) is 0 Å². The van der Waals surface area contributed by atoms with Crippen LogP contribution in [0.25, 0.3) is 0 Å². The molecule has 0 amide bonds. The molecule has 0 spiro atoms. The number of guanidine groups is 1. The van der Waals surface area contributed by atoms with E-state index in [2.05, 4.69) is 41.4 Å². The lowest BCUT2D eigenvalue weighted by Gasteiger charge is -2.25. The molecule has 0 aliphatic rings. The van der Waals surface area contributed by atoms with Gasteiger partial charge in [0, 0.05) is 32.7 Å². The van der Waals surface area contributed by atoms with Gasteiger partial charge < -0.3 is 19.6 Å². The molecule has 0 aliphatic heterocycles. The van der Waals surface area contributed by atoms with Crippen molar-refractivity contribution in [3.8, 4) is 0 Å². The zero-order chi connectivity index (χ0) is 13.5. The highest BCUT2D eigenvalue weighted by molar-refractivity contribution is 5.79. The van der Waals surface area contributed by atoms with Crippen molar-refractivity contribution in [1.29, 1.82) is 0 Å². The van der Waals surface area contributed by atoms with E-state index in [4.69, 9.17) is 4.52 Å². The lowest BCUT2D eigenvalue weighted by atomic mass is 10.3. The lowest BCUT2D eigenvalue weighted by Crippen LogP contribution is -2.44. The van der Waals surface area contributed by atoms with Gasteiger partial charge in [0.05, 0.1) is 6.54 Å². The number of hydrogen-bond acceptors (Lipinski definition) is 4. The third kappa shape index (κ3) is 4.37. The van der Waals surface area contributed by atoms with Crippen molar-refractivity contribution in [3.05, 3.63) is 18.0 Å². The van der Waals surface area contributed by atoms with E-state index < -0.39 is 0 Å². The van der Waals surface area contributed by atoms with Crippen LogP contribution in [0.1, 0.15) is 12.6 Å². The first-order valence-corrected chi connectivity index (χ1v) is 6.02. The molecule has 0 saturated heterocycles. The molecule has 0 aromatic carbocycles. The van der Waals surface area contributed by atoms with Crippen LogP contribution in [-0.4, -0.2) is 61.7 Å². The summed E-state index contributed by atoms with van der Waals surface area (Å²) in [5, 5.41) is 7.23. The highest BCUT2D eigenvalue weighted by Gasteiger charge is 2.10. The van der Waals surface area contributed by atoms with Gasteiger partial charge in [-0.3, -0.25) is 4.99 Å². The number of aliphatic imine (C=N–C) groups is 1. The summed E-state index contributed by atoms with van der Waals surface area (Å²) < 4.78 is 4.81. The minimum absolute atomic E-state index is 0.446. The Bertz CT molecular complexity index is 361. The average Bonchev–Trinajstić information content (AvgIpc) is 2.82. The van der Waals surface area contributed by atoms with Gasteiger partial charge in [0.25, 0.3) is 0 Å². The summed E-state index contributed by atoms with van der Waals surface area (Å²) in [6.07, 6.45) is 1.58. The van der Waals surface area contributed by atoms with Crippen LogP contribution in [0.5, 0.6) is 0 Å². The van der Waals surface area contributed by atoms with Crippen molar-refractivity contribution in [2.75, 3.05) is 34.7 Å². The molecule has 1 heterocycles. The Morgan fingerprint density at radius 2 is 2.22 bits per heavy atom. The fraction of sp³-hybridized carbons (Fsp3) is 0.667. The largest absolute Gasteiger partial charge is 0.364 e. The van der Waals surface area contributed by atoms with E-state index in [1.807, 2.05) is 18.0 Å². The van der Waals surface area contributed by atoms with E-state index >= 15 is 0 Å². The monoisotopic (exact) mass is 253 g/mol. The topological polar surface area (TPSA) is 56.9 Å². The van der Waals surface area contributed by atoms with Gasteiger partial charge in [0.1, 0.15) is 12.0 Å². The highest BCUT2D eigenvalue weighted by atomic mass is 16.5. The second kappa shape index (κ2) is 7.00. The molecule has 1 aromatic heterocycles. The minimum Gasteiger partial charge on any atom is -0.364 e. The van der Waals surface area contributed by atoms with Gasteiger partial charge in [-0.1, -0.05) is 5.16 Å². The fourth-order valence-electron chi connectivity index (χ4n) is 1.44. The molecule has 1 N–H and O–H groups in total. The summed E-state index contributed by atoms with van der Waals surface area (Å²) in [5.74, 6) is 0.853. The molecule has 0 bridgehead atoms. The highest BCUT2D eigenvalue weighted by Crippen LogP contribution is 2.00. The predicted molar refractivity (Wildman–Crippen MR) is 72.5 cm³/mol. The number of nitrogens with one attached hydrogen (secondary N) is 1. The van der Waals surface area contributed by atoms with Crippen LogP contribution in [0.15, 0.2) is 21.8 Å². The maximum absolute atomic E-state index is 4.81. The summed E-state index contributed by atoms with van der Waals surface area (Å²) in [4.78, 5) is 8.43. The van der Waals surface area contributed by atoms with Crippen LogP contribution in [0.2, 0.25) is 0 Å². The molecule has 0 saturated carbocycles. The lowest BCUT2D eigenvalue weighted by molar-refractivity contribution is 0.309. The first kappa shape index (κ1) is 14.5. The third-order valence-electron chi connectivity index (χ3n) is 2.90. The van der Waals surface area contributed by atoms with E-state index in [0.717, 1.165) is 18.2 Å². The van der Waals surface area contributed by atoms with Gasteiger partial charge in [0.2, 0.25) is 0 Å². The molecule has 6 heteroatoms. The van der Waals surface area contributed by atoms with Gasteiger partial charge in [-0.05, 0) is 21.0 Å². The average molecular weight is 253 g/mol. The molecular weight excluding hydrogens is 230 g/mol. The number of rotatable bonds is 5. The first-order chi connectivity index (χ1) is 8.54. The minimum atomic E-state index is 0.446. The molecule has 1 unspecified atom stereocenters. The van der Waals surface area contributed by atoms with Crippen molar-refractivity contribution in [2.24, 2.45) is 4.99 Å². The Kier molecular flexibility index (Phi) is 5.64. The zero-order valence-corrected chi connectivity index (χ0v) is 11.8. The SMILES string of the molecule is CN=C(NCC(C)N(C)C)N(C)Cc1ccon1. The number of nitrogens with zero attached hydrogens (tertiary/aromatic N) is 4. The second-order valence-electron chi connectivity index (χ2n) is 4.59. The number of hydrogen-bond donors (Lipinski definition) is 1. The summed E-state index contributed by atoms with van der Waals surface area (Å²) in [7, 11) is 7.88. The Labute approximate surface area is 109 Å². The molecule has 1 rings (SSSR count). The van der Waals surface area contributed by atoms with Crippen LogP contribution in [-0.2, 0) is 6.54 Å². The van der Waals surface area contributed by atoms with Gasteiger partial charge in [0.15, 0.2) is 5.96 Å². The van der Waals surface area contributed by atoms with Crippen molar-refractivity contribution < 1.29 is 4.52 Å². The molecule has 6 nitrogen and oxygen atoms in total. The number of aromatic nitrogens is 1. The van der Waals surface area contributed by atoms with Crippen molar-refractivity contribution in [1.82, 2.24) is 20.3 Å². The van der Waals surface area contributed by atoms with Gasteiger partial charge in [-0.2, -0.15) is 0 Å². The maximum Gasteiger partial charge on any atom is 0.193 e. The van der Waals surface area contributed by atoms with Crippen molar-refractivity contribution >= 4 is 5.96 Å². The third-order valence-corrected chi connectivity index (χ3v) is 2.90. The quantitative estimate of drug-likeness (QED) is 0.616. The Balaban J connectivity index is 2.46. The Hall–Kier alpha value is -1.56. The summed E-state index contributed by atoms with van der Waals surface area (Å²) in [6.45, 7) is 3.69. The smallest absolute Gasteiger partial charge is 0.193 e.